The van der Waals surface area contributed by atoms with Crippen LogP contribution >= 0.6 is 0 Å². The minimum absolute atomic E-state index is 0.133. The number of hydrogen-bond donors (Lipinski definition) is 2. The Morgan fingerprint density at radius 2 is 2.18 bits per heavy atom. The van der Waals surface area contributed by atoms with E-state index in [1.807, 2.05) is 6.20 Å². The van der Waals surface area contributed by atoms with Crippen molar-refractivity contribution in [1.29, 1.82) is 0 Å². The lowest BCUT2D eigenvalue weighted by Crippen LogP contribution is -2.31. The zero-order valence-corrected chi connectivity index (χ0v) is 13.2. The molecule has 0 bridgehead atoms. The molecule has 1 saturated heterocycles. The Labute approximate surface area is 130 Å². The lowest BCUT2D eigenvalue weighted by molar-refractivity contribution is -0.0244. The Kier molecular flexibility index (Phi) is 3.53. The molecule has 22 heavy (non-hydrogen) atoms. The molecule has 2 fully saturated rings. The number of aromatic amines is 1. The lowest BCUT2D eigenvalue weighted by atomic mass is 9.82. The summed E-state index contributed by atoms with van der Waals surface area (Å²) in [7, 11) is 0. The van der Waals surface area contributed by atoms with Gasteiger partial charge in [-0.05, 0) is 31.2 Å². The van der Waals surface area contributed by atoms with Gasteiger partial charge in [0.2, 0.25) is 0 Å². The van der Waals surface area contributed by atoms with Gasteiger partial charge in [0.15, 0.2) is 0 Å². The molecule has 0 amide bonds. The van der Waals surface area contributed by atoms with Crippen LogP contribution in [-0.2, 0) is 11.2 Å². The largest absolute Gasteiger partial charge is 0.373 e. The van der Waals surface area contributed by atoms with Gasteiger partial charge in [-0.3, -0.25) is 0 Å². The highest BCUT2D eigenvalue weighted by molar-refractivity contribution is 5.90. The third kappa shape index (κ3) is 2.37. The molecule has 5 heteroatoms. The third-order valence-corrected chi connectivity index (χ3v) is 5.25. The number of H-pyrrole nitrogens is 1. The van der Waals surface area contributed by atoms with E-state index in [0.717, 1.165) is 36.3 Å². The van der Waals surface area contributed by atoms with Crippen molar-refractivity contribution in [3.63, 3.8) is 0 Å². The van der Waals surface area contributed by atoms with Gasteiger partial charge in [0.25, 0.3) is 0 Å². The summed E-state index contributed by atoms with van der Waals surface area (Å²) in [6.45, 7) is 2.95. The van der Waals surface area contributed by atoms with E-state index in [-0.39, 0.29) is 5.60 Å². The van der Waals surface area contributed by atoms with E-state index in [2.05, 4.69) is 27.2 Å². The molecule has 1 saturated carbocycles. The molecule has 2 aromatic heterocycles. The Hall–Kier alpha value is -1.62. The Bertz CT molecular complexity index is 660. The van der Waals surface area contributed by atoms with Crippen molar-refractivity contribution in [2.45, 2.75) is 63.5 Å². The molecule has 1 aliphatic carbocycles. The molecular weight excluding hydrogens is 276 g/mol. The fourth-order valence-electron chi connectivity index (χ4n) is 4.09. The first-order chi connectivity index (χ1) is 10.8. The monoisotopic (exact) mass is 300 g/mol. The summed E-state index contributed by atoms with van der Waals surface area (Å²) in [5.74, 6) is 0.949. The average Bonchev–Trinajstić information content (AvgIpc) is 3.13. The summed E-state index contributed by atoms with van der Waals surface area (Å²) >= 11 is 0. The quantitative estimate of drug-likeness (QED) is 0.911. The van der Waals surface area contributed by atoms with Crippen LogP contribution in [0.2, 0.25) is 0 Å². The van der Waals surface area contributed by atoms with E-state index < -0.39 is 0 Å². The van der Waals surface area contributed by atoms with E-state index in [1.165, 1.54) is 37.7 Å². The highest BCUT2D eigenvalue weighted by Gasteiger charge is 2.41. The molecule has 2 aliphatic rings. The second kappa shape index (κ2) is 5.54. The van der Waals surface area contributed by atoms with Gasteiger partial charge >= 0.3 is 0 Å². The smallest absolute Gasteiger partial charge is 0.143 e. The van der Waals surface area contributed by atoms with E-state index in [1.54, 1.807) is 6.33 Å². The topological polar surface area (TPSA) is 62.8 Å². The van der Waals surface area contributed by atoms with Gasteiger partial charge in [-0.2, -0.15) is 0 Å². The first-order valence-corrected chi connectivity index (χ1v) is 8.51. The highest BCUT2D eigenvalue weighted by atomic mass is 16.5. The lowest BCUT2D eigenvalue weighted by Gasteiger charge is -2.32. The minimum Gasteiger partial charge on any atom is -0.373 e. The van der Waals surface area contributed by atoms with Crippen LogP contribution < -0.4 is 5.32 Å². The maximum Gasteiger partial charge on any atom is 0.143 e. The number of nitrogens with one attached hydrogen (secondary N) is 2. The van der Waals surface area contributed by atoms with Crippen molar-refractivity contribution < 1.29 is 4.74 Å². The Morgan fingerprint density at radius 3 is 3.00 bits per heavy atom. The molecule has 1 spiro atoms. The molecule has 2 N–H and O–H groups in total. The van der Waals surface area contributed by atoms with Gasteiger partial charge in [0, 0.05) is 6.20 Å². The molecule has 3 heterocycles. The second-order valence-electron chi connectivity index (χ2n) is 6.71. The van der Waals surface area contributed by atoms with Gasteiger partial charge in [-0.1, -0.05) is 26.2 Å². The van der Waals surface area contributed by atoms with Crippen molar-refractivity contribution in [2.24, 2.45) is 0 Å². The summed E-state index contributed by atoms with van der Waals surface area (Å²) in [6, 6.07) is 0.357. The summed E-state index contributed by atoms with van der Waals surface area (Å²) in [4.78, 5) is 12.1. The molecule has 118 valence electrons. The summed E-state index contributed by atoms with van der Waals surface area (Å²) in [5, 5.41) is 4.75. The van der Waals surface area contributed by atoms with Gasteiger partial charge in [0.1, 0.15) is 17.8 Å². The zero-order chi connectivity index (χ0) is 15.0. The van der Waals surface area contributed by atoms with Gasteiger partial charge in [-0.25, -0.2) is 9.97 Å². The van der Waals surface area contributed by atoms with Crippen LogP contribution in [0.15, 0.2) is 12.5 Å². The maximum absolute atomic E-state index is 6.20. The van der Waals surface area contributed by atoms with E-state index in [9.17, 15) is 0 Å². The second-order valence-corrected chi connectivity index (χ2v) is 6.71. The van der Waals surface area contributed by atoms with Gasteiger partial charge in [-0.15, -0.1) is 0 Å². The minimum atomic E-state index is 0.133. The number of rotatable bonds is 3. The number of ether oxygens (including phenoxy) is 1. The highest BCUT2D eigenvalue weighted by Crippen LogP contribution is 2.40. The fraction of sp³-hybridized carbons (Fsp3) is 0.647. The number of aryl methyl sites for hydroxylation is 1. The number of nitrogens with zero attached hydrogens (tertiary/aromatic N) is 2. The summed E-state index contributed by atoms with van der Waals surface area (Å²) in [5.41, 5.74) is 2.32. The first kappa shape index (κ1) is 14.0. The molecule has 1 atom stereocenters. The summed E-state index contributed by atoms with van der Waals surface area (Å²) < 4.78 is 6.20. The third-order valence-electron chi connectivity index (χ3n) is 5.25. The predicted molar refractivity (Wildman–Crippen MR) is 87.1 cm³/mol. The first-order valence-electron chi connectivity index (χ1n) is 8.51. The number of hydrogen-bond acceptors (Lipinski definition) is 4. The van der Waals surface area contributed by atoms with E-state index >= 15 is 0 Å². The SMILES string of the molecule is CCc1c[nH]c2ncnc(NC3COC4(CCCCC4)C3)c12. The number of fused-ring (bicyclic) bond motifs is 1. The van der Waals surface area contributed by atoms with Crippen molar-refractivity contribution in [2.75, 3.05) is 11.9 Å². The van der Waals surface area contributed by atoms with Crippen LogP contribution in [0.3, 0.4) is 0 Å². The van der Waals surface area contributed by atoms with E-state index in [4.69, 9.17) is 4.74 Å². The van der Waals surface area contributed by atoms with Crippen LogP contribution in [0.25, 0.3) is 11.0 Å². The van der Waals surface area contributed by atoms with Crippen LogP contribution in [0.4, 0.5) is 5.82 Å². The molecule has 1 unspecified atom stereocenters. The van der Waals surface area contributed by atoms with Crippen molar-refractivity contribution in [3.05, 3.63) is 18.1 Å². The maximum atomic E-state index is 6.20. The van der Waals surface area contributed by atoms with Gasteiger partial charge < -0.3 is 15.0 Å². The Morgan fingerprint density at radius 1 is 1.32 bits per heavy atom. The van der Waals surface area contributed by atoms with Crippen LogP contribution in [-0.4, -0.2) is 33.2 Å². The molecule has 4 rings (SSSR count). The van der Waals surface area contributed by atoms with Crippen LogP contribution in [0.1, 0.15) is 51.0 Å². The number of anilines is 1. The standard InChI is InChI=1S/C17H24N4O/c1-2-12-9-18-15-14(12)16(20-11-19-15)21-13-8-17(22-10-13)6-4-3-5-7-17/h9,11,13H,2-8,10H2,1H3,(H2,18,19,20,21). The predicted octanol–water partition coefficient (Wildman–Crippen LogP) is 3.42. The zero-order valence-electron chi connectivity index (χ0n) is 13.2. The molecule has 0 radical (unpaired) electrons. The molecule has 1 aliphatic heterocycles. The van der Waals surface area contributed by atoms with Crippen LogP contribution in [0, 0.1) is 0 Å². The molecular formula is C17H24N4O. The number of aromatic nitrogens is 3. The normalized spacial score (nSPS) is 24.1. The average molecular weight is 300 g/mol. The van der Waals surface area contributed by atoms with Crippen molar-refractivity contribution in [3.8, 4) is 0 Å². The molecule has 2 aromatic rings. The van der Waals surface area contributed by atoms with Crippen LogP contribution in [0.5, 0.6) is 0 Å². The van der Waals surface area contributed by atoms with Crippen molar-refractivity contribution in [1.82, 2.24) is 15.0 Å². The van der Waals surface area contributed by atoms with Crippen molar-refractivity contribution >= 4 is 16.9 Å². The summed E-state index contributed by atoms with van der Waals surface area (Å²) in [6.07, 6.45) is 12.2. The fourth-order valence-corrected chi connectivity index (χ4v) is 4.09. The van der Waals surface area contributed by atoms with E-state index in [0.29, 0.717) is 6.04 Å². The van der Waals surface area contributed by atoms with Gasteiger partial charge in [0.05, 0.1) is 23.6 Å². The molecule has 5 nitrogen and oxygen atoms in total. The molecule has 0 aromatic carbocycles. The Balaban J connectivity index is 1.55.